The third kappa shape index (κ3) is 1.39. The third-order valence-electron chi connectivity index (χ3n) is 5.02. The molecule has 16 heavy (non-hydrogen) atoms. The van der Waals surface area contributed by atoms with Crippen LogP contribution in [0.3, 0.4) is 0 Å². The SMILES string of the molecule is O=[N+]([O-])CC1(N2CCCCC2)C2CCCC21. The number of nitrogens with zero attached hydrogens (tertiary/aromatic N) is 2. The summed E-state index contributed by atoms with van der Waals surface area (Å²) >= 11 is 0. The summed E-state index contributed by atoms with van der Waals surface area (Å²) in [7, 11) is 0. The highest BCUT2D eigenvalue weighted by atomic mass is 16.6. The van der Waals surface area contributed by atoms with E-state index in [-0.39, 0.29) is 17.0 Å². The summed E-state index contributed by atoms with van der Waals surface area (Å²) in [6.07, 6.45) is 7.53. The van der Waals surface area contributed by atoms with Gasteiger partial charge in [0.1, 0.15) is 0 Å². The fourth-order valence-corrected chi connectivity index (χ4v) is 4.37. The molecular weight excluding hydrogens is 204 g/mol. The number of hydrogen-bond donors (Lipinski definition) is 0. The second kappa shape index (κ2) is 3.69. The van der Waals surface area contributed by atoms with E-state index in [1.54, 1.807) is 0 Å². The molecule has 2 aliphatic carbocycles. The molecule has 1 saturated heterocycles. The van der Waals surface area contributed by atoms with Crippen LogP contribution in [-0.2, 0) is 0 Å². The van der Waals surface area contributed by atoms with E-state index < -0.39 is 0 Å². The fraction of sp³-hybridized carbons (Fsp3) is 1.00. The minimum absolute atomic E-state index is 0.0117. The van der Waals surface area contributed by atoms with E-state index in [9.17, 15) is 10.1 Å². The first-order valence-electron chi connectivity index (χ1n) is 6.62. The molecule has 0 aromatic carbocycles. The Hall–Kier alpha value is -0.640. The fourth-order valence-electron chi connectivity index (χ4n) is 4.37. The molecule has 2 atom stereocenters. The van der Waals surface area contributed by atoms with Gasteiger partial charge in [-0.2, -0.15) is 0 Å². The molecule has 0 amide bonds. The number of nitro groups is 1. The van der Waals surface area contributed by atoms with Gasteiger partial charge >= 0.3 is 0 Å². The Bertz CT molecular complexity index is 289. The first-order chi connectivity index (χ1) is 7.75. The lowest BCUT2D eigenvalue weighted by Crippen LogP contribution is -2.48. The van der Waals surface area contributed by atoms with E-state index in [1.165, 1.54) is 38.5 Å². The van der Waals surface area contributed by atoms with Crippen molar-refractivity contribution in [3.8, 4) is 0 Å². The number of hydrogen-bond acceptors (Lipinski definition) is 3. The van der Waals surface area contributed by atoms with Gasteiger partial charge in [0.25, 0.3) is 0 Å². The normalized spacial score (nSPS) is 43.0. The van der Waals surface area contributed by atoms with E-state index in [2.05, 4.69) is 4.90 Å². The molecule has 2 unspecified atom stereocenters. The molecule has 1 aliphatic heterocycles. The smallest absolute Gasteiger partial charge is 0.222 e. The maximum Gasteiger partial charge on any atom is 0.222 e. The maximum atomic E-state index is 10.9. The summed E-state index contributed by atoms with van der Waals surface area (Å²) < 4.78 is 0. The topological polar surface area (TPSA) is 46.4 Å². The molecule has 0 aromatic rings. The Morgan fingerprint density at radius 2 is 1.75 bits per heavy atom. The molecule has 0 bridgehead atoms. The average molecular weight is 224 g/mol. The van der Waals surface area contributed by atoms with Crippen molar-refractivity contribution in [1.82, 2.24) is 4.90 Å². The summed E-state index contributed by atoms with van der Waals surface area (Å²) in [6, 6.07) is 0. The molecule has 4 nitrogen and oxygen atoms in total. The van der Waals surface area contributed by atoms with Gasteiger partial charge in [-0.05, 0) is 50.6 Å². The molecule has 2 saturated carbocycles. The molecule has 1 heterocycles. The van der Waals surface area contributed by atoms with Crippen LogP contribution in [0.25, 0.3) is 0 Å². The van der Waals surface area contributed by atoms with Crippen LogP contribution in [0.1, 0.15) is 38.5 Å². The van der Waals surface area contributed by atoms with Gasteiger partial charge in [0.2, 0.25) is 6.54 Å². The molecule has 0 N–H and O–H groups in total. The number of rotatable bonds is 3. The van der Waals surface area contributed by atoms with Crippen molar-refractivity contribution in [2.45, 2.75) is 44.1 Å². The standard InChI is InChI=1S/C12H20N2O2/c15-14(16)9-12(10-5-4-6-11(10)12)13-7-2-1-3-8-13/h10-11H,1-9H2. The zero-order chi connectivity index (χ0) is 11.2. The number of piperidine rings is 1. The Morgan fingerprint density at radius 1 is 1.12 bits per heavy atom. The molecule has 0 aromatic heterocycles. The highest BCUT2D eigenvalue weighted by Gasteiger charge is 2.71. The van der Waals surface area contributed by atoms with Crippen LogP contribution in [0.15, 0.2) is 0 Å². The minimum Gasteiger partial charge on any atom is -0.291 e. The Kier molecular flexibility index (Phi) is 2.42. The van der Waals surface area contributed by atoms with Crippen LogP contribution in [0, 0.1) is 22.0 Å². The zero-order valence-corrected chi connectivity index (χ0v) is 9.73. The second-order valence-electron chi connectivity index (χ2n) is 5.67. The molecule has 3 fully saturated rings. The van der Waals surface area contributed by atoms with E-state index in [0.29, 0.717) is 11.8 Å². The summed E-state index contributed by atoms with van der Waals surface area (Å²) in [4.78, 5) is 13.3. The molecule has 4 heteroatoms. The predicted octanol–water partition coefficient (Wildman–Crippen LogP) is 1.92. The van der Waals surface area contributed by atoms with Gasteiger partial charge in [0.15, 0.2) is 0 Å². The quantitative estimate of drug-likeness (QED) is 0.543. The number of likely N-dealkylation sites (tertiary alicyclic amines) is 1. The maximum absolute atomic E-state index is 10.9. The van der Waals surface area contributed by atoms with Crippen molar-refractivity contribution in [3.05, 3.63) is 10.1 Å². The van der Waals surface area contributed by atoms with Gasteiger partial charge in [-0.25, -0.2) is 0 Å². The van der Waals surface area contributed by atoms with Crippen molar-refractivity contribution in [2.75, 3.05) is 19.6 Å². The van der Waals surface area contributed by atoms with Gasteiger partial charge in [-0.3, -0.25) is 15.0 Å². The van der Waals surface area contributed by atoms with Gasteiger partial charge in [-0.1, -0.05) is 12.8 Å². The molecule has 3 rings (SSSR count). The van der Waals surface area contributed by atoms with Crippen LogP contribution in [0.2, 0.25) is 0 Å². The lowest BCUT2D eigenvalue weighted by atomic mass is 9.99. The van der Waals surface area contributed by atoms with E-state index >= 15 is 0 Å². The monoisotopic (exact) mass is 224 g/mol. The molecular formula is C12H20N2O2. The molecule has 3 aliphatic rings. The summed E-state index contributed by atoms with van der Waals surface area (Å²) in [5, 5.41) is 10.9. The molecule has 0 spiro atoms. The minimum atomic E-state index is -0.0765. The zero-order valence-electron chi connectivity index (χ0n) is 9.73. The molecule has 0 radical (unpaired) electrons. The van der Waals surface area contributed by atoms with E-state index in [4.69, 9.17) is 0 Å². The Morgan fingerprint density at radius 3 is 2.31 bits per heavy atom. The second-order valence-corrected chi connectivity index (χ2v) is 5.67. The van der Waals surface area contributed by atoms with Gasteiger partial charge in [0.05, 0.1) is 5.54 Å². The van der Waals surface area contributed by atoms with Crippen LogP contribution >= 0.6 is 0 Å². The van der Waals surface area contributed by atoms with Gasteiger partial charge in [-0.15, -0.1) is 0 Å². The molecule has 90 valence electrons. The first-order valence-corrected chi connectivity index (χ1v) is 6.62. The van der Waals surface area contributed by atoms with Gasteiger partial charge < -0.3 is 0 Å². The van der Waals surface area contributed by atoms with Crippen molar-refractivity contribution in [1.29, 1.82) is 0 Å². The van der Waals surface area contributed by atoms with Crippen molar-refractivity contribution in [3.63, 3.8) is 0 Å². The summed E-state index contributed by atoms with van der Waals surface area (Å²) in [6.45, 7) is 2.39. The van der Waals surface area contributed by atoms with Gasteiger partial charge in [0, 0.05) is 4.92 Å². The van der Waals surface area contributed by atoms with Crippen molar-refractivity contribution >= 4 is 0 Å². The number of fused-ring (bicyclic) bond motifs is 1. The Balaban J connectivity index is 1.77. The van der Waals surface area contributed by atoms with Crippen LogP contribution in [0.4, 0.5) is 0 Å². The third-order valence-corrected chi connectivity index (χ3v) is 5.02. The summed E-state index contributed by atoms with van der Waals surface area (Å²) in [5.74, 6) is 1.30. The van der Waals surface area contributed by atoms with E-state index in [0.717, 1.165) is 13.1 Å². The average Bonchev–Trinajstić information content (AvgIpc) is 2.69. The summed E-state index contributed by atoms with van der Waals surface area (Å²) in [5.41, 5.74) is -0.0117. The highest BCUT2D eigenvalue weighted by molar-refractivity contribution is 5.21. The van der Waals surface area contributed by atoms with Crippen molar-refractivity contribution < 1.29 is 4.92 Å². The van der Waals surface area contributed by atoms with Crippen molar-refractivity contribution in [2.24, 2.45) is 11.8 Å². The lowest BCUT2D eigenvalue weighted by molar-refractivity contribution is -0.491. The van der Waals surface area contributed by atoms with Crippen LogP contribution < -0.4 is 0 Å². The largest absolute Gasteiger partial charge is 0.291 e. The van der Waals surface area contributed by atoms with E-state index in [1.807, 2.05) is 0 Å². The predicted molar refractivity (Wildman–Crippen MR) is 60.8 cm³/mol. The van der Waals surface area contributed by atoms with Crippen LogP contribution in [-0.4, -0.2) is 35.0 Å². The first kappa shape index (κ1) is 10.5. The van der Waals surface area contributed by atoms with Crippen LogP contribution in [0.5, 0.6) is 0 Å². The lowest BCUT2D eigenvalue weighted by Gasteiger charge is -2.35. The Labute approximate surface area is 96.1 Å². The highest BCUT2D eigenvalue weighted by Crippen LogP contribution is 2.64.